The van der Waals surface area contributed by atoms with Crippen LogP contribution >= 0.6 is 22.9 Å². The van der Waals surface area contributed by atoms with Gasteiger partial charge in [0.1, 0.15) is 5.69 Å². The summed E-state index contributed by atoms with van der Waals surface area (Å²) in [6.45, 7) is 0. The van der Waals surface area contributed by atoms with Crippen molar-refractivity contribution >= 4 is 39.7 Å². The summed E-state index contributed by atoms with van der Waals surface area (Å²) in [5.74, 6) is 0. The fourth-order valence-electron chi connectivity index (χ4n) is 2.75. The molecule has 0 aliphatic carbocycles. The molecule has 2 aromatic heterocycles. The third kappa shape index (κ3) is 3.78. The highest BCUT2D eigenvalue weighted by Crippen LogP contribution is 2.17. The van der Waals surface area contributed by atoms with E-state index in [9.17, 15) is 19.7 Å². The summed E-state index contributed by atoms with van der Waals surface area (Å²) in [5.41, 5.74) is 0.221. The molecule has 4 aromatic rings. The number of hydrogen-bond donors (Lipinski definition) is 0. The molecule has 0 aliphatic rings. The number of nitrogens with zero attached hydrogens (tertiary/aromatic N) is 4. The number of halogens is 1. The van der Waals surface area contributed by atoms with Gasteiger partial charge in [0.2, 0.25) is 4.96 Å². The van der Waals surface area contributed by atoms with Crippen LogP contribution in [0.25, 0.3) is 11.0 Å². The fourth-order valence-corrected chi connectivity index (χ4v) is 3.86. The zero-order valence-corrected chi connectivity index (χ0v) is 16.2. The van der Waals surface area contributed by atoms with E-state index in [0.29, 0.717) is 16.1 Å². The second-order valence-electron chi connectivity index (χ2n) is 6.09. The lowest BCUT2D eigenvalue weighted by Crippen LogP contribution is -2.28. The minimum Gasteiger partial charge on any atom is -0.266 e. The number of hydrogen-bond acceptors (Lipinski definition) is 7. The molecule has 0 saturated heterocycles. The smallest absolute Gasteiger partial charge is 0.266 e. The Hall–Kier alpha value is -3.43. The topological polar surface area (TPSA) is 107 Å². The molecular weight excluding hydrogens is 416 g/mol. The highest BCUT2D eigenvalue weighted by molar-refractivity contribution is 7.15. The van der Waals surface area contributed by atoms with E-state index in [-0.39, 0.29) is 27.3 Å². The van der Waals surface area contributed by atoms with Gasteiger partial charge in [-0.05, 0) is 23.3 Å². The lowest BCUT2D eigenvalue weighted by molar-refractivity contribution is -0.384. The molecule has 0 bridgehead atoms. The van der Waals surface area contributed by atoms with E-state index in [1.165, 1.54) is 24.3 Å². The molecule has 0 atom stereocenters. The van der Waals surface area contributed by atoms with Gasteiger partial charge >= 0.3 is 0 Å². The van der Waals surface area contributed by atoms with E-state index in [1.807, 2.05) is 0 Å². The van der Waals surface area contributed by atoms with Gasteiger partial charge < -0.3 is 0 Å². The van der Waals surface area contributed by atoms with E-state index in [1.54, 1.807) is 30.3 Å². The van der Waals surface area contributed by atoms with E-state index < -0.39 is 16.0 Å². The first kappa shape index (κ1) is 18.9. The Balaban J connectivity index is 1.81. The Morgan fingerprint density at radius 3 is 2.72 bits per heavy atom. The fraction of sp³-hybridized carbons (Fsp3) is 0.0526. The molecule has 144 valence electrons. The van der Waals surface area contributed by atoms with Gasteiger partial charge in [-0.2, -0.15) is 14.6 Å². The van der Waals surface area contributed by atoms with E-state index >= 15 is 0 Å². The second-order valence-corrected chi connectivity index (χ2v) is 7.51. The maximum atomic E-state index is 12.7. The molecule has 0 radical (unpaired) electrons. The maximum absolute atomic E-state index is 12.7. The van der Waals surface area contributed by atoms with Crippen LogP contribution in [-0.4, -0.2) is 19.5 Å². The molecule has 0 unspecified atom stereocenters. The number of aromatic nitrogens is 3. The average molecular weight is 427 g/mol. The third-order valence-corrected chi connectivity index (χ3v) is 5.47. The number of thiazole rings is 1. The molecule has 2 heterocycles. The highest BCUT2D eigenvalue weighted by atomic mass is 35.5. The van der Waals surface area contributed by atoms with Crippen LogP contribution in [0.3, 0.4) is 0 Å². The lowest BCUT2D eigenvalue weighted by atomic mass is 10.1. The molecule has 0 N–H and O–H groups in total. The molecule has 0 amide bonds. The predicted molar refractivity (Wildman–Crippen MR) is 110 cm³/mol. The molecule has 10 heteroatoms. The summed E-state index contributed by atoms with van der Waals surface area (Å²) in [6, 6.07) is 12.9. The Morgan fingerprint density at radius 2 is 1.97 bits per heavy atom. The van der Waals surface area contributed by atoms with Crippen LogP contribution in [0.4, 0.5) is 5.69 Å². The summed E-state index contributed by atoms with van der Waals surface area (Å²) < 4.78 is 1.33. The SMILES string of the molecule is O=c1nc2sc(=Cc3cccc([N+](=O)[O-])c3)c(=O)n2nc1Cc1ccccc1Cl. The number of nitro groups is 1. The van der Waals surface area contributed by atoms with Crippen molar-refractivity contribution in [2.75, 3.05) is 0 Å². The molecule has 0 aliphatic heterocycles. The van der Waals surface area contributed by atoms with Crippen LogP contribution in [0.15, 0.2) is 58.1 Å². The Kier molecular flexibility index (Phi) is 4.91. The molecule has 8 nitrogen and oxygen atoms in total. The van der Waals surface area contributed by atoms with Crippen LogP contribution < -0.4 is 15.7 Å². The van der Waals surface area contributed by atoms with Crippen molar-refractivity contribution in [1.29, 1.82) is 0 Å². The van der Waals surface area contributed by atoms with Gasteiger partial charge in [0.15, 0.2) is 0 Å². The molecular formula is C19H11ClN4O4S. The third-order valence-electron chi connectivity index (χ3n) is 4.14. The van der Waals surface area contributed by atoms with Crippen molar-refractivity contribution in [1.82, 2.24) is 14.6 Å². The van der Waals surface area contributed by atoms with Gasteiger partial charge in [-0.3, -0.25) is 19.7 Å². The zero-order chi connectivity index (χ0) is 20.5. The number of nitro benzene ring substituents is 1. The molecule has 29 heavy (non-hydrogen) atoms. The first-order valence-electron chi connectivity index (χ1n) is 8.35. The van der Waals surface area contributed by atoms with Crippen molar-refractivity contribution in [3.8, 4) is 0 Å². The number of benzene rings is 2. The van der Waals surface area contributed by atoms with Gasteiger partial charge in [-0.1, -0.05) is 53.3 Å². The first-order valence-corrected chi connectivity index (χ1v) is 9.54. The minimum absolute atomic E-state index is 0.0833. The van der Waals surface area contributed by atoms with Gasteiger partial charge in [0, 0.05) is 23.6 Å². The van der Waals surface area contributed by atoms with E-state index in [2.05, 4.69) is 10.1 Å². The zero-order valence-electron chi connectivity index (χ0n) is 14.6. The normalized spacial score (nSPS) is 11.8. The second kappa shape index (κ2) is 7.53. The maximum Gasteiger partial charge on any atom is 0.296 e. The van der Waals surface area contributed by atoms with Crippen molar-refractivity contribution in [2.45, 2.75) is 6.42 Å². The van der Waals surface area contributed by atoms with Crippen LogP contribution in [0, 0.1) is 10.1 Å². The summed E-state index contributed by atoms with van der Waals surface area (Å²) >= 11 is 7.13. The standard InChI is InChI=1S/C19H11ClN4O4S/c20-14-7-2-1-5-12(14)10-15-17(25)21-19-23(22-15)18(26)16(29-19)9-11-4-3-6-13(8-11)24(27)28/h1-9H,10H2. The summed E-state index contributed by atoms with van der Waals surface area (Å²) in [5, 5.41) is 15.6. The van der Waals surface area contributed by atoms with Crippen LogP contribution in [0.1, 0.15) is 16.8 Å². The average Bonchev–Trinajstić information content (AvgIpc) is 2.98. The van der Waals surface area contributed by atoms with Crippen molar-refractivity contribution in [2.24, 2.45) is 0 Å². The first-order chi connectivity index (χ1) is 13.9. The lowest BCUT2D eigenvalue weighted by Gasteiger charge is -2.02. The molecule has 2 aromatic carbocycles. The Morgan fingerprint density at radius 1 is 1.17 bits per heavy atom. The van der Waals surface area contributed by atoms with Crippen molar-refractivity contribution < 1.29 is 4.92 Å². The van der Waals surface area contributed by atoms with Crippen LogP contribution in [0.2, 0.25) is 5.02 Å². The van der Waals surface area contributed by atoms with Crippen LogP contribution in [0.5, 0.6) is 0 Å². The van der Waals surface area contributed by atoms with Gasteiger partial charge in [-0.15, -0.1) is 0 Å². The molecule has 0 spiro atoms. The Labute approximate surface area is 171 Å². The highest BCUT2D eigenvalue weighted by Gasteiger charge is 2.13. The van der Waals surface area contributed by atoms with E-state index in [0.717, 1.165) is 15.9 Å². The molecule has 0 fully saturated rings. The van der Waals surface area contributed by atoms with Gasteiger partial charge in [0.25, 0.3) is 16.8 Å². The number of non-ortho nitro benzene ring substituents is 1. The minimum atomic E-state index is -0.534. The molecule has 4 rings (SSSR count). The summed E-state index contributed by atoms with van der Waals surface area (Å²) in [7, 11) is 0. The molecule has 0 saturated carbocycles. The number of rotatable bonds is 4. The Bertz CT molecular complexity index is 1430. The van der Waals surface area contributed by atoms with E-state index in [4.69, 9.17) is 11.6 Å². The monoisotopic (exact) mass is 426 g/mol. The largest absolute Gasteiger partial charge is 0.296 e. The van der Waals surface area contributed by atoms with Crippen molar-refractivity contribution in [3.05, 3.63) is 106 Å². The van der Waals surface area contributed by atoms with Gasteiger partial charge in [-0.25, -0.2) is 0 Å². The van der Waals surface area contributed by atoms with Crippen LogP contribution in [-0.2, 0) is 6.42 Å². The summed E-state index contributed by atoms with van der Waals surface area (Å²) in [6.07, 6.45) is 1.65. The van der Waals surface area contributed by atoms with Gasteiger partial charge in [0.05, 0.1) is 9.46 Å². The quantitative estimate of drug-likeness (QED) is 0.365. The van der Waals surface area contributed by atoms with Crippen molar-refractivity contribution in [3.63, 3.8) is 0 Å². The predicted octanol–water partition coefficient (Wildman–Crippen LogP) is 2.21. The number of fused-ring (bicyclic) bond motifs is 1. The summed E-state index contributed by atoms with van der Waals surface area (Å²) in [4.78, 5) is 39.6.